The van der Waals surface area contributed by atoms with E-state index in [1.54, 1.807) is 0 Å². The Bertz CT molecular complexity index is 714. The summed E-state index contributed by atoms with van der Waals surface area (Å²) >= 11 is 0. The highest BCUT2D eigenvalue weighted by molar-refractivity contribution is 5.77. The summed E-state index contributed by atoms with van der Waals surface area (Å²) in [7, 11) is 0. The number of aryl methyl sites for hydroxylation is 1. The molecule has 0 bridgehead atoms. The first-order valence-electron chi connectivity index (χ1n) is 9.93. The van der Waals surface area contributed by atoms with Gasteiger partial charge in [0, 0.05) is 49.9 Å². The zero-order valence-electron chi connectivity index (χ0n) is 16.4. The van der Waals surface area contributed by atoms with E-state index in [0.717, 1.165) is 19.4 Å². The molecule has 0 aliphatic carbocycles. The van der Waals surface area contributed by atoms with E-state index < -0.39 is 0 Å². The second kappa shape index (κ2) is 8.84. The van der Waals surface area contributed by atoms with Crippen LogP contribution in [0.2, 0.25) is 0 Å². The molecule has 0 radical (unpaired) electrons. The van der Waals surface area contributed by atoms with Crippen LogP contribution in [0, 0.1) is 12.8 Å². The lowest BCUT2D eigenvalue weighted by Gasteiger charge is -2.39. The molecule has 3 heterocycles. The number of piperidine rings is 1. The molecule has 8 heteroatoms. The van der Waals surface area contributed by atoms with E-state index in [-0.39, 0.29) is 17.5 Å². The number of amides is 1. The van der Waals surface area contributed by atoms with Gasteiger partial charge in [-0.1, -0.05) is 6.92 Å². The number of aromatic nitrogens is 2. The molecule has 2 atom stereocenters. The van der Waals surface area contributed by atoms with Crippen LogP contribution in [0.25, 0.3) is 0 Å². The van der Waals surface area contributed by atoms with Crippen molar-refractivity contribution in [2.24, 2.45) is 11.7 Å². The van der Waals surface area contributed by atoms with Crippen LogP contribution >= 0.6 is 0 Å². The molecule has 2 saturated heterocycles. The maximum Gasteiger partial charge on any atom is 0.255 e. The predicted molar refractivity (Wildman–Crippen MR) is 104 cm³/mol. The van der Waals surface area contributed by atoms with E-state index in [1.165, 1.54) is 0 Å². The Labute approximate surface area is 160 Å². The van der Waals surface area contributed by atoms with Crippen LogP contribution in [0.3, 0.4) is 0 Å². The first kappa shape index (κ1) is 19.8. The quantitative estimate of drug-likeness (QED) is 0.771. The van der Waals surface area contributed by atoms with Crippen LogP contribution in [-0.4, -0.2) is 66.2 Å². The average Bonchev–Trinajstić information content (AvgIpc) is 2.67. The Morgan fingerprint density at radius 3 is 2.74 bits per heavy atom. The van der Waals surface area contributed by atoms with E-state index in [9.17, 15) is 9.59 Å². The fourth-order valence-corrected chi connectivity index (χ4v) is 4.11. The number of hydrogen-bond acceptors (Lipinski definition) is 6. The highest BCUT2D eigenvalue weighted by atomic mass is 16.5. The molecule has 0 aromatic carbocycles. The van der Waals surface area contributed by atoms with Gasteiger partial charge < -0.3 is 20.3 Å². The van der Waals surface area contributed by atoms with Crippen molar-refractivity contribution in [2.75, 3.05) is 44.3 Å². The van der Waals surface area contributed by atoms with Gasteiger partial charge in [0.2, 0.25) is 11.9 Å². The lowest BCUT2D eigenvalue weighted by atomic mass is 9.90. The maximum absolute atomic E-state index is 12.7. The molecule has 0 spiro atoms. The molecular formula is C19H31N5O3. The molecule has 0 unspecified atom stereocenters. The molecule has 2 aliphatic heterocycles. The van der Waals surface area contributed by atoms with E-state index in [0.29, 0.717) is 68.8 Å². The van der Waals surface area contributed by atoms with Crippen LogP contribution in [0.15, 0.2) is 4.79 Å². The van der Waals surface area contributed by atoms with Crippen LogP contribution in [-0.2, 0) is 16.0 Å². The summed E-state index contributed by atoms with van der Waals surface area (Å²) in [6.07, 6.45) is 2.83. The molecule has 0 saturated carbocycles. The van der Waals surface area contributed by atoms with Gasteiger partial charge in [-0.2, -0.15) is 0 Å². The van der Waals surface area contributed by atoms with Gasteiger partial charge in [-0.3, -0.25) is 14.6 Å². The van der Waals surface area contributed by atoms with Gasteiger partial charge in [0.15, 0.2) is 0 Å². The third-order valence-electron chi connectivity index (χ3n) is 5.79. The third kappa shape index (κ3) is 4.50. The highest BCUT2D eigenvalue weighted by Gasteiger charge is 2.30. The molecule has 27 heavy (non-hydrogen) atoms. The summed E-state index contributed by atoms with van der Waals surface area (Å²) in [5.74, 6) is 1.09. The number of nitrogens with zero attached hydrogens (tertiary/aromatic N) is 3. The minimum Gasteiger partial charge on any atom is -0.378 e. The standard InChI is InChI=1S/C19H31N5O3/c1-13-4-3-7-24(16(13)12-20)17(25)6-5-15-14(2)21-19(22-18(15)26)23-8-10-27-11-9-23/h13,16H,3-12,20H2,1-2H3,(H,21,22,26)/t13-,16-/m1/s1. The Morgan fingerprint density at radius 2 is 2.07 bits per heavy atom. The largest absolute Gasteiger partial charge is 0.378 e. The monoisotopic (exact) mass is 377 g/mol. The molecule has 1 amide bonds. The number of ether oxygens (including phenoxy) is 1. The number of anilines is 1. The molecule has 1 aromatic rings. The summed E-state index contributed by atoms with van der Waals surface area (Å²) in [5, 5.41) is 0. The van der Waals surface area contributed by atoms with Gasteiger partial charge in [-0.15, -0.1) is 0 Å². The van der Waals surface area contributed by atoms with Gasteiger partial charge in [-0.05, 0) is 32.1 Å². The van der Waals surface area contributed by atoms with Crippen molar-refractivity contribution in [3.8, 4) is 0 Å². The summed E-state index contributed by atoms with van der Waals surface area (Å²) in [5.41, 5.74) is 7.02. The van der Waals surface area contributed by atoms with Crippen molar-refractivity contribution in [3.05, 3.63) is 21.6 Å². The molecular weight excluding hydrogens is 346 g/mol. The van der Waals surface area contributed by atoms with E-state index in [4.69, 9.17) is 10.5 Å². The minimum absolute atomic E-state index is 0.0769. The number of carbonyl (C=O) groups excluding carboxylic acids is 1. The van der Waals surface area contributed by atoms with E-state index >= 15 is 0 Å². The van der Waals surface area contributed by atoms with Gasteiger partial charge in [-0.25, -0.2) is 4.98 Å². The topological polar surface area (TPSA) is 105 Å². The molecule has 1 aromatic heterocycles. The zero-order chi connectivity index (χ0) is 19.4. The number of morpholine rings is 1. The maximum atomic E-state index is 12.7. The fourth-order valence-electron chi connectivity index (χ4n) is 4.11. The summed E-state index contributed by atoms with van der Waals surface area (Å²) in [6.45, 7) is 7.94. The van der Waals surface area contributed by atoms with Crippen LogP contribution in [0.4, 0.5) is 5.95 Å². The van der Waals surface area contributed by atoms with Crippen LogP contribution in [0.5, 0.6) is 0 Å². The van der Waals surface area contributed by atoms with Crippen molar-refractivity contribution >= 4 is 11.9 Å². The van der Waals surface area contributed by atoms with Gasteiger partial charge in [0.25, 0.3) is 5.56 Å². The van der Waals surface area contributed by atoms with Crippen LogP contribution in [0.1, 0.15) is 37.4 Å². The molecule has 3 rings (SSSR count). The van der Waals surface area contributed by atoms with Crippen molar-refractivity contribution in [1.29, 1.82) is 0 Å². The highest BCUT2D eigenvalue weighted by Crippen LogP contribution is 2.23. The van der Waals surface area contributed by atoms with Gasteiger partial charge in [0.1, 0.15) is 0 Å². The number of hydrogen-bond donors (Lipinski definition) is 2. The first-order chi connectivity index (χ1) is 13.0. The SMILES string of the molecule is Cc1nc(N2CCOCC2)[nH]c(=O)c1CCC(=O)N1CCC[C@@H](C)[C@H]1CN. The first-order valence-corrected chi connectivity index (χ1v) is 9.93. The number of H-pyrrole nitrogens is 1. The minimum atomic E-state index is -0.154. The van der Waals surface area contributed by atoms with Crippen molar-refractivity contribution in [2.45, 2.75) is 45.6 Å². The lowest BCUT2D eigenvalue weighted by molar-refractivity contribution is -0.136. The number of nitrogens with one attached hydrogen (secondary N) is 1. The lowest BCUT2D eigenvalue weighted by Crippen LogP contribution is -2.51. The molecule has 150 valence electrons. The summed E-state index contributed by atoms with van der Waals surface area (Å²) in [4.78, 5) is 36.7. The van der Waals surface area contributed by atoms with Crippen molar-refractivity contribution in [3.63, 3.8) is 0 Å². The Morgan fingerprint density at radius 1 is 1.33 bits per heavy atom. The second-order valence-corrected chi connectivity index (χ2v) is 7.56. The van der Waals surface area contributed by atoms with E-state index in [2.05, 4.69) is 16.9 Å². The average molecular weight is 377 g/mol. The Kier molecular flexibility index (Phi) is 6.49. The molecule has 2 aliphatic rings. The number of carbonyl (C=O) groups is 1. The Balaban J connectivity index is 1.67. The normalized spacial score (nSPS) is 23.5. The molecule has 8 nitrogen and oxygen atoms in total. The van der Waals surface area contributed by atoms with Crippen molar-refractivity contribution in [1.82, 2.24) is 14.9 Å². The Hall–Kier alpha value is -1.93. The van der Waals surface area contributed by atoms with Crippen molar-refractivity contribution < 1.29 is 9.53 Å². The summed E-state index contributed by atoms with van der Waals surface area (Å²) < 4.78 is 5.34. The number of likely N-dealkylation sites (tertiary alicyclic amines) is 1. The molecule has 2 fully saturated rings. The number of nitrogens with two attached hydrogens (primary N) is 1. The number of aromatic amines is 1. The van der Waals surface area contributed by atoms with Crippen LogP contribution < -0.4 is 16.2 Å². The van der Waals surface area contributed by atoms with E-state index in [1.807, 2.05) is 16.7 Å². The zero-order valence-corrected chi connectivity index (χ0v) is 16.4. The third-order valence-corrected chi connectivity index (χ3v) is 5.79. The summed E-state index contributed by atoms with van der Waals surface area (Å²) in [6, 6.07) is 0.104. The predicted octanol–water partition coefficient (Wildman–Crippen LogP) is 0.433. The molecule has 3 N–H and O–H groups in total. The second-order valence-electron chi connectivity index (χ2n) is 7.56. The fraction of sp³-hybridized carbons (Fsp3) is 0.737. The smallest absolute Gasteiger partial charge is 0.255 e. The van der Waals surface area contributed by atoms with Gasteiger partial charge in [0.05, 0.1) is 13.2 Å². The van der Waals surface area contributed by atoms with Gasteiger partial charge >= 0.3 is 0 Å². The number of rotatable bonds is 5.